The van der Waals surface area contributed by atoms with E-state index in [1.54, 1.807) is 104 Å². The van der Waals surface area contributed by atoms with Crippen LogP contribution in [0.3, 0.4) is 0 Å². The van der Waals surface area contributed by atoms with E-state index in [1.807, 2.05) is 12.1 Å². The monoisotopic (exact) mass is 947 g/mol. The average molecular weight is 948 g/mol. The fourth-order valence-corrected chi connectivity index (χ4v) is 11.0. The van der Waals surface area contributed by atoms with Gasteiger partial charge in [0.25, 0.3) is 0 Å². The molecule has 0 fully saturated rings. The predicted octanol–water partition coefficient (Wildman–Crippen LogP) is 6.30. The van der Waals surface area contributed by atoms with Crippen molar-refractivity contribution < 1.29 is 40.9 Å². The number of benzene rings is 5. The number of tetrazole rings is 1. The first-order valence-electron chi connectivity index (χ1n) is 20.8. The molecular weight excluding hydrogens is 899 g/mol. The minimum atomic E-state index is -4.96. The van der Waals surface area contributed by atoms with Gasteiger partial charge < -0.3 is 30.0 Å². The fourth-order valence-electron chi connectivity index (χ4n) is 7.35. The van der Waals surface area contributed by atoms with Crippen molar-refractivity contribution in [2.75, 3.05) is 33.6 Å². The number of amides is 1. The van der Waals surface area contributed by atoms with E-state index in [2.05, 4.69) is 25.1 Å². The first-order chi connectivity index (χ1) is 32.2. The first-order valence-corrected chi connectivity index (χ1v) is 23.7. The summed E-state index contributed by atoms with van der Waals surface area (Å²) in [5.41, 5.74) is 9.15. The smallest absolute Gasteiger partial charge is 0.407 e. The summed E-state index contributed by atoms with van der Waals surface area (Å²) in [5.74, 6) is 1.62. The van der Waals surface area contributed by atoms with Crippen LogP contribution in [0.2, 0.25) is 0 Å². The third-order valence-electron chi connectivity index (χ3n) is 10.6. The topological polar surface area (TPSA) is 234 Å². The molecule has 20 heteroatoms. The second-order valence-corrected chi connectivity index (χ2v) is 19.0. The quantitative estimate of drug-likeness (QED) is 0.0762. The first kappa shape index (κ1) is 47.6. The summed E-state index contributed by atoms with van der Waals surface area (Å²) >= 11 is 0. The Kier molecular flexibility index (Phi) is 14.8. The van der Waals surface area contributed by atoms with Crippen molar-refractivity contribution in [3.05, 3.63) is 156 Å². The van der Waals surface area contributed by atoms with Crippen molar-refractivity contribution in [2.45, 2.75) is 48.9 Å². The van der Waals surface area contributed by atoms with Gasteiger partial charge >= 0.3 is 6.09 Å². The molecule has 7 aromatic rings. The number of nitrogen functional groups attached to an aromatic ring is 1. The highest BCUT2D eigenvalue weighted by Gasteiger charge is 2.38. The van der Waals surface area contributed by atoms with Crippen LogP contribution in [0.5, 0.6) is 17.2 Å². The van der Waals surface area contributed by atoms with Crippen LogP contribution in [0.4, 0.5) is 10.6 Å². The zero-order valence-corrected chi connectivity index (χ0v) is 38.7. The number of ether oxygens (including phenoxy) is 3. The van der Waals surface area contributed by atoms with Crippen LogP contribution in [0, 0.1) is 0 Å². The van der Waals surface area contributed by atoms with E-state index in [0.717, 1.165) is 14.8 Å². The molecule has 4 N–H and O–H groups in total. The van der Waals surface area contributed by atoms with E-state index in [4.69, 9.17) is 19.9 Å². The summed E-state index contributed by atoms with van der Waals surface area (Å²) in [6, 6.07) is 34.3. The Morgan fingerprint density at radius 3 is 1.84 bits per heavy atom. The van der Waals surface area contributed by atoms with Crippen molar-refractivity contribution in [1.82, 2.24) is 39.1 Å². The molecule has 2 aromatic heterocycles. The SMILES string of the molecule is COc1ccc(CN(Cc2ccc(OC)cc2)S(=O)(=O)c2c(S(=O)(=O)N[C@H](C)CN(Cc3ccccc3)C(=O)O)ccc(-c3ccnc(N)c3)c2-c2nnn(Cc3ccc(OC)cc3)n2)cc1. The molecule has 2 heterocycles. The third kappa shape index (κ3) is 11.5. The Morgan fingerprint density at radius 1 is 0.746 bits per heavy atom. The number of methoxy groups -OCH3 is 3. The van der Waals surface area contributed by atoms with E-state index in [9.17, 15) is 18.3 Å². The number of anilines is 1. The number of sulfonamides is 2. The molecule has 18 nitrogen and oxygen atoms in total. The lowest BCUT2D eigenvalue weighted by Crippen LogP contribution is -2.44. The van der Waals surface area contributed by atoms with E-state index >= 15 is 8.42 Å². The third-order valence-corrected chi connectivity index (χ3v) is 14.3. The van der Waals surface area contributed by atoms with Crippen molar-refractivity contribution >= 4 is 32.0 Å². The Balaban J connectivity index is 1.43. The molecule has 67 heavy (non-hydrogen) atoms. The standard InChI is InChI=1S/C47H49N9O9S2/c1-32(27-54(47(57)58)28-33-8-6-5-7-9-33)52-66(59,60)42-23-22-41(37-24-25-49-43(48)26-37)44(46-50-53-56(51-46)31-36-14-20-40(65-4)21-15-36)45(42)67(61,62)55(29-34-10-16-38(63-2)17-11-34)30-35-12-18-39(64-3)19-13-35/h5-26,32,52H,27-31H2,1-4H3,(H2,48,49)(H,57,58)/t32-/m1/s1. The lowest BCUT2D eigenvalue weighted by atomic mass is 10.00. The van der Waals surface area contributed by atoms with E-state index in [1.165, 1.54) is 50.3 Å². The van der Waals surface area contributed by atoms with Crippen molar-refractivity contribution in [2.24, 2.45) is 0 Å². The number of aromatic nitrogens is 5. The molecule has 0 saturated carbocycles. The fraction of sp³-hybridized carbons (Fsp3) is 0.213. The van der Waals surface area contributed by atoms with E-state index < -0.39 is 42.0 Å². The van der Waals surface area contributed by atoms with E-state index in [0.29, 0.717) is 39.5 Å². The summed E-state index contributed by atoms with van der Waals surface area (Å²) in [5, 5.41) is 23.5. The zero-order chi connectivity index (χ0) is 47.7. The number of hydrogen-bond acceptors (Lipinski definition) is 13. The van der Waals surface area contributed by atoms with E-state index in [-0.39, 0.29) is 55.5 Å². The Bertz CT molecular complexity index is 2980. The van der Waals surface area contributed by atoms with Gasteiger partial charge in [0.05, 0.1) is 33.4 Å². The van der Waals surface area contributed by atoms with Crippen molar-refractivity contribution in [3.63, 3.8) is 0 Å². The van der Waals surface area contributed by atoms with Crippen LogP contribution >= 0.6 is 0 Å². The van der Waals surface area contributed by atoms with Crippen molar-refractivity contribution in [3.8, 4) is 39.8 Å². The van der Waals surface area contributed by atoms with Gasteiger partial charge in [-0.15, -0.1) is 10.2 Å². The highest BCUT2D eigenvalue weighted by molar-refractivity contribution is 7.92. The molecule has 0 unspecified atom stereocenters. The van der Waals surface area contributed by atoms with Gasteiger partial charge in [-0.3, -0.25) is 0 Å². The van der Waals surface area contributed by atoms with Gasteiger partial charge in [-0.2, -0.15) is 9.10 Å². The summed E-state index contributed by atoms with van der Waals surface area (Å²) in [7, 11) is -5.22. The molecular formula is C47H49N9O9S2. The molecule has 0 radical (unpaired) electrons. The van der Waals surface area contributed by atoms with Gasteiger partial charge in [0.15, 0.2) is 0 Å². The van der Waals surface area contributed by atoms with Gasteiger partial charge in [-0.05, 0) is 100 Å². The lowest BCUT2D eigenvalue weighted by Gasteiger charge is -2.27. The van der Waals surface area contributed by atoms with Crippen LogP contribution in [0.25, 0.3) is 22.5 Å². The second kappa shape index (κ2) is 20.8. The van der Waals surface area contributed by atoms with Gasteiger partial charge in [0.2, 0.25) is 25.9 Å². The molecule has 5 aromatic carbocycles. The van der Waals surface area contributed by atoms with Crippen LogP contribution < -0.4 is 24.7 Å². The number of nitrogens with one attached hydrogen (secondary N) is 1. The number of carboxylic acid groups (broad SMARTS) is 1. The van der Waals surface area contributed by atoms with Crippen LogP contribution in [0.15, 0.2) is 143 Å². The summed E-state index contributed by atoms with van der Waals surface area (Å²) in [6.45, 7) is 0.843. The number of nitrogens with zero attached hydrogens (tertiary/aromatic N) is 7. The highest BCUT2D eigenvalue weighted by Crippen LogP contribution is 2.41. The zero-order valence-electron chi connectivity index (χ0n) is 37.1. The summed E-state index contributed by atoms with van der Waals surface area (Å²) < 4.78 is 81.7. The molecule has 0 saturated heterocycles. The van der Waals surface area contributed by atoms with Crippen LogP contribution in [-0.2, 0) is 46.2 Å². The van der Waals surface area contributed by atoms with Gasteiger partial charge in [0.1, 0.15) is 32.9 Å². The number of carbonyl (C=O) groups is 1. The van der Waals surface area contributed by atoms with Gasteiger partial charge in [0, 0.05) is 38.4 Å². The van der Waals surface area contributed by atoms with Crippen LogP contribution in [0.1, 0.15) is 29.2 Å². The largest absolute Gasteiger partial charge is 0.497 e. The Labute approximate surface area is 388 Å². The van der Waals surface area contributed by atoms with Crippen LogP contribution in [-0.4, -0.2) is 96.3 Å². The van der Waals surface area contributed by atoms with Crippen molar-refractivity contribution in [1.29, 1.82) is 0 Å². The second-order valence-electron chi connectivity index (χ2n) is 15.4. The number of pyridine rings is 1. The minimum Gasteiger partial charge on any atom is -0.497 e. The Morgan fingerprint density at radius 2 is 1.30 bits per heavy atom. The molecule has 0 spiro atoms. The molecule has 348 valence electrons. The molecule has 0 aliphatic carbocycles. The van der Waals surface area contributed by atoms with Gasteiger partial charge in [-0.1, -0.05) is 72.8 Å². The molecule has 0 aliphatic rings. The summed E-state index contributed by atoms with van der Waals surface area (Å²) in [4.78, 5) is 17.6. The average Bonchev–Trinajstić information content (AvgIpc) is 3.79. The maximum atomic E-state index is 16.0. The molecule has 7 rings (SSSR count). The number of hydrogen-bond donors (Lipinski definition) is 3. The molecule has 0 aliphatic heterocycles. The highest BCUT2D eigenvalue weighted by atomic mass is 32.2. The number of nitrogens with two attached hydrogens (primary N) is 1. The maximum Gasteiger partial charge on any atom is 0.407 e. The molecule has 0 bridgehead atoms. The number of rotatable bonds is 20. The molecule has 1 atom stereocenters. The normalized spacial score (nSPS) is 12.1. The lowest BCUT2D eigenvalue weighted by molar-refractivity contribution is 0.139. The summed E-state index contributed by atoms with van der Waals surface area (Å²) in [6.07, 6.45) is 0.159. The molecule has 1 amide bonds. The minimum absolute atomic E-state index is 0.0285. The van der Waals surface area contributed by atoms with Gasteiger partial charge in [-0.25, -0.2) is 31.3 Å². The Hall–Kier alpha value is -7.39. The maximum absolute atomic E-state index is 16.0. The predicted molar refractivity (Wildman–Crippen MR) is 250 cm³/mol.